The van der Waals surface area contributed by atoms with Gasteiger partial charge in [-0.3, -0.25) is 14.4 Å². The van der Waals surface area contributed by atoms with Crippen LogP contribution in [-0.4, -0.2) is 65.5 Å². The summed E-state index contributed by atoms with van der Waals surface area (Å²) in [6.07, 6.45) is 2.62. The van der Waals surface area contributed by atoms with Crippen LogP contribution in [0.15, 0.2) is 0 Å². The van der Waals surface area contributed by atoms with Crippen molar-refractivity contribution in [3.63, 3.8) is 0 Å². The summed E-state index contributed by atoms with van der Waals surface area (Å²) < 4.78 is 0. The first-order valence-electron chi connectivity index (χ1n) is 8.43. The minimum Gasteiger partial charge on any atom is -0.480 e. The molecule has 10 heteroatoms. The van der Waals surface area contributed by atoms with Crippen molar-refractivity contribution in [3.8, 4) is 0 Å². The molecule has 0 saturated heterocycles. The maximum absolute atomic E-state index is 12.0. The quantitative estimate of drug-likeness (QED) is 0.296. The molecule has 0 fully saturated rings. The Hall–Kier alpha value is -1.81. The summed E-state index contributed by atoms with van der Waals surface area (Å²) in [6, 6.07) is -2.64. The van der Waals surface area contributed by atoms with Crippen LogP contribution in [0.4, 0.5) is 0 Å². The smallest absolute Gasteiger partial charge is 0.326 e. The van der Waals surface area contributed by atoms with Crippen LogP contribution in [0, 0.1) is 5.92 Å². The van der Waals surface area contributed by atoms with Crippen molar-refractivity contribution in [3.05, 3.63) is 0 Å². The molecule has 0 aliphatic rings. The van der Waals surface area contributed by atoms with Gasteiger partial charge in [-0.05, 0) is 37.7 Å². The first kappa shape index (κ1) is 24.2. The summed E-state index contributed by atoms with van der Waals surface area (Å²) in [5.74, 6) is -1.89. The zero-order valence-electron chi connectivity index (χ0n) is 15.7. The van der Waals surface area contributed by atoms with Gasteiger partial charge in [-0.2, -0.15) is 11.8 Å². The molecule has 0 heterocycles. The molecule has 0 aliphatic heterocycles. The van der Waals surface area contributed by atoms with Crippen LogP contribution < -0.4 is 21.7 Å². The fourth-order valence-electron chi connectivity index (χ4n) is 2.06. The summed E-state index contributed by atoms with van der Waals surface area (Å²) in [5, 5.41) is 16.3. The molecule has 0 rings (SSSR count). The van der Waals surface area contributed by atoms with Crippen molar-refractivity contribution in [1.29, 1.82) is 0 Å². The highest BCUT2D eigenvalue weighted by Crippen LogP contribution is 2.03. The predicted molar refractivity (Wildman–Crippen MR) is 101 cm³/mol. The third kappa shape index (κ3) is 10.2. The molecule has 0 spiro atoms. The summed E-state index contributed by atoms with van der Waals surface area (Å²) in [4.78, 5) is 46.7. The van der Waals surface area contributed by atoms with E-state index in [9.17, 15) is 19.2 Å². The van der Waals surface area contributed by atoms with E-state index in [1.165, 1.54) is 18.7 Å². The topological polar surface area (TPSA) is 151 Å². The Labute approximate surface area is 158 Å². The summed E-state index contributed by atoms with van der Waals surface area (Å²) in [6.45, 7) is 5.00. The Morgan fingerprint density at radius 2 is 1.69 bits per heavy atom. The first-order valence-corrected chi connectivity index (χ1v) is 9.82. The van der Waals surface area contributed by atoms with Crippen molar-refractivity contribution in [2.45, 2.75) is 51.7 Å². The van der Waals surface area contributed by atoms with Gasteiger partial charge in [-0.25, -0.2) is 4.79 Å². The highest BCUT2D eigenvalue weighted by molar-refractivity contribution is 7.98. The maximum atomic E-state index is 12.0. The molecule has 26 heavy (non-hydrogen) atoms. The second kappa shape index (κ2) is 12.5. The number of nitrogens with one attached hydrogen (secondary N) is 3. The average Bonchev–Trinajstić information content (AvgIpc) is 2.54. The van der Waals surface area contributed by atoms with Gasteiger partial charge < -0.3 is 26.8 Å². The van der Waals surface area contributed by atoms with Gasteiger partial charge in [-0.1, -0.05) is 13.8 Å². The number of rotatable bonds is 12. The highest BCUT2D eigenvalue weighted by atomic mass is 32.2. The van der Waals surface area contributed by atoms with E-state index < -0.39 is 41.8 Å². The number of carbonyl (C=O) groups is 4. The molecule has 0 bridgehead atoms. The Balaban J connectivity index is 4.37. The number of aliphatic carboxylic acids is 1. The van der Waals surface area contributed by atoms with Crippen LogP contribution in [-0.2, 0) is 19.2 Å². The lowest BCUT2D eigenvalue weighted by atomic mass is 10.0. The minimum absolute atomic E-state index is 0.251. The zero-order valence-corrected chi connectivity index (χ0v) is 16.5. The summed E-state index contributed by atoms with van der Waals surface area (Å²) in [7, 11) is 0. The molecule has 0 aromatic rings. The van der Waals surface area contributed by atoms with Gasteiger partial charge in [0.15, 0.2) is 0 Å². The minimum atomic E-state index is -1.13. The van der Waals surface area contributed by atoms with Crippen LogP contribution >= 0.6 is 11.8 Å². The highest BCUT2D eigenvalue weighted by Gasteiger charge is 2.24. The Morgan fingerprint density at radius 3 is 2.19 bits per heavy atom. The molecule has 3 amide bonds. The number of hydrogen-bond donors (Lipinski definition) is 5. The van der Waals surface area contributed by atoms with E-state index in [4.69, 9.17) is 10.8 Å². The van der Waals surface area contributed by atoms with E-state index in [-0.39, 0.29) is 18.9 Å². The Morgan fingerprint density at radius 1 is 1.08 bits per heavy atom. The van der Waals surface area contributed by atoms with E-state index in [2.05, 4.69) is 16.0 Å². The van der Waals surface area contributed by atoms with Crippen LogP contribution in [0.3, 0.4) is 0 Å². The fraction of sp³-hybridized carbons (Fsp3) is 0.750. The third-order valence-electron chi connectivity index (χ3n) is 3.48. The monoisotopic (exact) mass is 390 g/mol. The van der Waals surface area contributed by atoms with Gasteiger partial charge in [0, 0.05) is 0 Å². The number of amides is 3. The number of thioether (sulfide) groups is 1. The molecule has 150 valence electrons. The van der Waals surface area contributed by atoms with Gasteiger partial charge in [-0.15, -0.1) is 0 Å². The van der Waals surface area contributed by atoms with Gasteiger partial charge in [0.05, 0.1) is 12.6 Å². The molecule has 0 radical (unpaired) electrons. The molecule has 0 saturated carbocycles. The third-order valence-corrected chi connectivity index (χ3v) is 4.13. The van der Waals surface area contributed by atoms with Crippen molar-refractivity contribution in [2.24, 2.45) is 11.7 Å². The standard InChI is InChI=1S/C16H30N4O5S/c1-9(2)7-11(17)15(23)18-8-13(21)19-10(3)14(22)20-12(16(24)25)5-6-26-4/h9-12H,5-8,17H2,1-4H3,(H,18,23)(H,19,21)(H,20,22)(H,24,25). The number of nitrogens with two attached hydrogens (primary N) is 1. The largest absolute Gasteiger partial charge is 0.480 e. The molecule has 0 aliphatic carbocycles. The molecular formula is C16H30N4O5S. The second-order valence-corrected chi connectivity index (χ2v) is 7.41. The SMILES string of the molecule is CSCCC(NC(=O)C(C)NC(=O)CNC(=O)C(N)CC(C)C)C(=O)O. The molecule has 6 N–H and O–H groups in total. The van der Waals surface area contributed by atoms with Crippen LogP contribution in [0.25, 0.3) is 0 Å². The van der Waals surface area contributed by atoms with Gasteiger partial charge >= 0.3 is 5.97 Å². The second-order valence-electron chi connectivity index (χ2n) is 6.42. The molecule has 0 aromatic heterocycles. The lowest BCUT2D eigenvalue weighted by Crippen LogP contribution is -2.52. The van der Waals surface area contributed by atoms with Gasteiger partial charge in [0.1, 0.15) is 12.1 Å². The zero-order chi connectivity index (χ0) is 20.3. The van der Waals surface area contributed by atoms with Crippen LogP contribution in [0.5, 0.6) is 0 Å². The number of carboxylic acid groups (broad SMARTS) is 1. The first-order chi connectivity index (χ1) is 12.1. The van der Waals surface area contributed by atoms with Gasteiger partial charge in [0.2, 0.25) is 17.7 Å². The van der Waals surface area contributed by atoms with E-state index in [1.807, 2.05) is 20.1 Å². The number of carboxylic acids is 1. The molecule has 3 atom stereocenters. The van der Waals surface area contributed by atoms with E-state index in [0.717, 1.165) is 0 Å². The van der Waals surface area contributed by atoms with Crippen LogP contribution in [0.1, 0.15) is 33.6 Å². The normalized spacial score (nSPS) is 14.2. The van der Waals surface area contributed by atoms with Crippen molar-refractivity contribution >= 4 is 35.5 Å². The Bertz CT molecular complexity index is 501. The molecular weight excluding hydrogens is 360 g/mol. The fourth-order valence-corrected chi connectivity index (χ4v) is 2.53. The molecule has 0 aromatic carbocycles. The predicted octanol–water partition coefficient (Wildman–Crippen LogP) is -0.697. The van der Waals surface area contributed by atoms with Crippen molar-refractivity contribution < 1.29 is 24.3 Å². The Kier molecular flexibility index (Phi) is 11.7. The lowest BCUT2D eigenvalue weighted by Gasteiger charge is -2.19. The summed E-state index contributed by atoms with van der Waals surface area (Å²) in [5.41, 5.74) is 5.71. The lowest BCUT2D eigenvalue weighted by molar-refractivity contribution is -0.142. The van der Waals surface area contributed by atoms with E-state index in [1.54, 1.807) is 0 Å². The average molecular weight is 391 g/mol. The van der Waals surface area contributed by atoms with Gasteiger partial charge in [0.25, 0.3) is 0 Å². The van der Waals surface area contributed by atoms with E-state index >= 15 is 0 Å². The van der Waals surface area contributed by atoms with Crippen molar-refractivity contribution in [1.82, 2.24) is 16.0 Å². The molecule has 9 nitrogen and oxygen atoms in total. The number of hydrogen-bond acceptors (Lipinski definition) is 6. The number of carbonyl (C=O) groups excluding carboxylic acids is 3. The van der Waals surface area contributed by atoms with E-state index in [0.29, 0.717) is 12.2 Å². The summed E-state index contributed by atoms with van der Waals surface area (Å²) >= 11 is 1.47. The van der Waals surface area contributed by atoms with Crippen molar-refractivity contribution in [2.75, 3.05) is 18.6 Å². The molecule has 3 unspecified atom stereocenters. The van der Waals surface area contributed by atoms with Crippen LogP contribution in [0.2, 0.25) is 0 Å². The maximum Gasteiger partial charge on any atom is 0.326 e.